The van der Waals surface area contributed by atoms with Crippen LogP contribution in [0.5, 0.6) is 0 Å². The summed E-state index contributed by atoms with van der Waals surface area (Å²) in [6.45, 7) is 8.33. The Morgan fingerprint density at radius 3 is 2.76 bits per heavy atom. The first-order valence-electron chi connectivity index (χ1n) is 6.58. The molecule has 2 atom stereocenters. The van der Waals surface area contributed by atoms with E-state index < -0.39 is 0 Å². The molecule has 0 aliphatic carbocycles. The van der Waals surface area contributed by atoms with E-state index in [1.807, 2.05) is 6.92 Å². The third-order valence-electron chi connectivity index (χ3n) is 3.61. The number of methoxy groups -OCH3 is 1. The molecular weight excluding hydrogens is 216 g/mol. The number of likely N-dealkylation sites (N-methyl/N-ethyl adjacent to an activating group) is 1. The van der Waals surface area contributed by atoms with Crippen molar-refractivity contribution in [3.8, 4) is 0 Å². The maximum absolute atomic E-state index is 11.5. The van der Waals surface area contributed by atoms with Crippen molar-refractivity contribution >= 4 is 5.97 Å². The fourth-order valence-electron chi connectivity index (χ4n) is 2.55. The van der Waals surface area contributed by atoms with Crippen LogP contribution in [0.3, 0.4) is 0 Å². The second-order valence-electron chi connectivity index (χ2n) is 5.10. The molecule has 0 radical (unpaired) electrons. The van der Waals surface area contributed by atoms with Gasteiger partial charge in [-0.2, -0.15) is 0 Å². The van der Waals surface area contributed by atoms with Gasteiger partial charge in [-0.05, 0) is 33.0 Å². The molecular formula is C13H26N2O2. The molecule has 0 bridgehead atoms. The van der Waals surface area contributed by atoms with Gasteiger partial charge in [0, 0.05) is 19.1 Å². The summed E-state index contributed by atoms with van der Waals surface area (Å²) in [7, 11) is 3.64. The van der Waals surface area contributed by atoms with E-state index >= 15 is 0 Å². The Kier molecular flexibility index (Phi) is 5.92. The van der Waals surface area contributed by atoms with Crippen LogP contribution in [0.15, 0.2) is 0 Å². The average Bonchev–Trinajstić information content (AvgIpc) is 2.50. The monoisotopic (exact) mass is 242 g/mol. The molecule has 1 saturated heterocycles. The highest BCUT2D eigenvalue weighted by molar-refractivity contribution is 5.72. The van der Waals surface area contributed by atoms with Crippen LogP contribution in [0.25, 0.3) is 0 Å². The SMILES string of the molecule is CCC1CN(C)CCCN1CC(C)C(=O)OC. The Labute approximate surface area is 105 Å². The van der Waals surface area contributed by atoms with Gasteiger partial charge in [0.05, 0.1) is 13.0 Å². The molecule has 1 heterocycles. The highest BCUT2D eigenvalue weighted by atomic mass is 16.5. The van der Waals surface area contributed by atoms with Gasteiger partial charge in [-0.1, -0.05) is 13.8 Å². The van der Waals surface area contributed by atoms with Gasteiger partial charge in [0.1, 0.15) is 0 Å². The van der Waals surface area contributed by atoms with E-state index in [-0.39, 0.29) is 11.9 Å². The summed E-state index contributed by atoms with van der Waals surface area (Å²) >= 11 is 0. The van der Waals surface area contributed by atoms with Crippen LogP contribution in [0.4, 0.5) is 0 Å². The fourth-order valence-corrected chi connectivity index (χ4v) is 2.55. The van der Waals surface area contributed by atoms with Gasteiger partial charge in [0.15, 0.2) is 0 Å². The van der Waals surface area contributed by atoms with Crippen molar-refractivity contribution in [3.63, 3.8) is 0 Å². The predicted molar refractivity (Wildman–Crippen MR) is 68.9 cm³/mol. The lowest BCUT2D eigenvalue weighted by atomic mass is 10.1. The molecule has 17 heavy (non-hydrogen) atoms. The third-order valence-corrected chi connectivity index (χ3v) is 3.61. The Hall–Kier alpha value is -0.610. The van der Waals surface area contributed by atoms with E-state index in [1.54, 1.807) is 0 Å². The molecule has 4 nitrogen and oxygen atoms in total. The normalized spacial score (nSPS) is 25.3. The molecule has 0 aromatic rings. The van der Waals surface area contributed by atoms with Gasteiger partial charge in [-0.25, -0.2) is 0 Å². The molecule has 1 fully saturated rings. The molecule has 1 aliphatic heterocycles. The molecule has 0 N–H and O–H groups in total. The number of hydrogen-bond donors (Lipinski definition) is 0. The number of esters is 1. The van der Waals surface area contributed by atoms with Crippen LogP contribution < -0.4 is 0 Å². The number of ether oxygens (including phenoxy) is 1. The molecule has 0 aromatic carbocycles. The summed E-state index contributed by atoms with van der Waals surface area (Å²) in [5, 5.41) is 0. The summed E-state index contributed by atoms with van der Waals surface area (Å²) < 4.78 is 4.80. The van der Waals surface area contributed by atoms with Crippen molar-refractivity contribution in [2.75, 3.05) is 40.3 Å². The standard InChI is InChI=1S/C13H26N2O2/c1-5-12-10-14(3)7-6-8-15(12)9-11(2)13(16)17-4/h11-12H,5-10H2,1-4H3. The summed E-state index contributed by atoms with van der Waals surface area (Å²) in [5.74, 6) is -0.130. The second-order valence-corrected chi connectivity index (χ2v) is 5.10. The minimum absolute atomic E-state index is 0.0301. The van der Waals surface area contributed by atoms with E-state index in [9.17, 15) is 4.79 Å². The Morgan fingerprint density at radius 1 is 1.47 bits per heavy atom. The molecule has 1 rings (SSSR count). The zero-order valence-corrected chi connectivity index (χ0v) is 11.6. The summed E-state index contributed by atoms with van der Waals surface area (Å²) in [4.78, 5) is 16.3. The molecule has 0 spiro atoms. The smallest absolute Gasteiger partial charge is 0.309 e. The first-order valence-corrected chi connectivity index (χ1v) is 6.58. The van der Waals surface area contributed by atoms with Crippen molar-refractivity contribution < 1.29 is 9.53 Å². The third kappa shape index (κ3) is 4.28. The maximum Gasteiger partial charge on any atom is 0.309 e. The van der Waals surface area contributed by atoms with Crippen LogP contribution in [0.2, 0.25) is 0 Å². The molecule has 2 unspecified atom stereocenters. The molecule has 0 amide bonds. The van der Waals surface area contributed by atoms with E-state index in [1.165, 1.54) is 13.5 Å². The van der Waals surface area contributed by atoms with Crippen molar-refractivity contribution in [2.45, 2.75) is 32.7 Å². The van der Waals surface area contributed by atoms with E-state index in [2.05, 4.69) is 23.8 Å². The zero-order valence-electron chi connectivity index (χ0n) is 11.6. The van der Waals surface area contributed by atoms with E-state index in [0.717, 1.165) is 32.6 Å². The highest BCUT2D eigenvalue weighted by Crippen LogP contribution is 2.14. The number of rotatable bonds is 4. The molecule has 0 saturated carbocycles. The van der Waals surface area contributed by atoms with E-state index in [0.29, 0.717) is 6.04 Å². The highest BCUT2D eigenvalue weighted by Gasteiger charge is 2.25. The van der Waals surface area contributed by atoms with Gasteiger partial charge in [0.2, 0.25) is 0 Å². The molecule has 100 valence electrons. The fraction of sp³-hybridized carbons (Fsp3) is 0.923. The van der Waals surface area contributed by atoms with Gasteiger partial charge in [-0.15, -0.1) is 0 Å². The zero-order chi connectivity index (χ0) is 12.8. The predicted octanol–water partition coefficient (Wildman–Crippen LogP) is 1.21. The minimum Gasteiger partial charge on any atom is -0.469 e. The number of carbonyl (C=O) groups excluding carboxylic acids is 1. The van der Waals surface area contributed by atoms with Crippen LogP contribution >= 0.6 is 0 Å². The number of carbonyl (C=O) groups is 1. The Morgan fingerprint density at radius 2 is 2.18 bits per heavy atom. The van der Waals surface area contributed by atoms with Gasteiger partial charge in [0.25, 0.3) is 0 Å². The van der Waals surface area contributed by atoms with Crippen molar-refractivity contribution in [1.82, 2.24) is 9.80 Å². The summed E-state index contributed by atoms with van der Waals surface area (Å²) in [6, 6.07) is 0.564. The van der Waals surface area contributed by atoms with Crippen molar-refractivity contribution in [2.24, 2.45) is 5.92 Å². The van der Waals surface area contributed by atoms with Crippen molar-refractivity contribution in [3.05, 3.63) is 0 Å². The van der Waals surface area contributed by atoms with Crippen molar-refractivity contribution in [1.29, 1.82) is 0 Å². The lowest BCUT2D eigenvalue weighted by Crippen LogP contribution is -2.43. The molecule has 1 aliphatic rings. The number of hydrogen-bond acceptors (Lipinski definition) is 4. The van der Waals surface area contributed by atoms with Crippen LogP contribution in [0.1, 0.15) is 26.7 Å². The van der Waals surface area contributed by atoms with Gasteiger partial charge in [-0.3, -0.25) is 9.69 Å². The Bertz CT molecular complexity index is 246. The molecule has 0 aromatic heterocycles. The Balaban J connectivity index is 2.57. The average molecular weight is 242 g/mol. The second kappa shape index (κ2) is 6.97. The maximum atomic E-state index is 11.5. The lowest BCUT2D eigenvalue weighted by molar-refractivity contribution is -0.145. The van der Waals surface area contributed by atoms with Gasteiger partial charge >= 0.3 is 5.97 Å². The lowest BCUT2D eigenvalue weighted by Gasteiger charge is -2.31. The largest absolute Gasteiger partial charge is 0.469 e. The number of nitrogens with zero attached hydrogens (tertiary/aromatic N) is 2. The van der Waals surface area contributed by atoms with E-state index in [4.69, 9.17) is 4.74 Å². The first-order chi connectivity index (χ1) is 8.08. The van der Waals surface area contributed by atoms with Gasteiger partial charge < -0.3 is 9.64 Å². The quantitative estimate of drug-likeness (QED) is 0.694. The van der Waals surface area contributed by atoms with Crippen LogP contribution in [-0.4, -0.2) is 62.1 Å². The van der Waals surface area contributed by atoms with Crippen LogP contribution in [-0.2, 0) is 9.53 Å². The van der Waals surface area contributed by atoms with Crippen LogP contribution in [0, 0.1) is 5.92 Å². The minimum atomic E-state index is -0.0996. The topological polar surface area (TPSA) is 32.8 Å². The summed E-state index contributed by atoms with van der Waals surface area (Å²) in [6.07, 6.45) is 2.32. The molecule has 4 heteroatoms. The first kappa shape index (κ1) is 14.5. The summed E-state index contributed by atoms with van der Waals surface area (Å²) in [5.41, 5.74) is 0.